The number of ether oxygens (including phenoxy) is 2. The van der Waals surface area contributed by atoms with Gasteiger partial charge in [0, 0.05) is 29.4 Å². The van der Waals surface area contributed by atoms with Crippen molar-refractivity contribution in [1.29, 1.82) is 0 Å². The molecule has 0 aromatic heterocycles. The van der Waals surface area contributed by atoms with E-state index in [9.17, 15) is 8.42 Å². The van der Waals surface area contributed by atoms with Crippen LogP contribution >= 0.6 is 47.0 Å². The quantitative estimate of drug-likeness (QED) is 0.0342. The third-order valence-electron chi connectivity index (χ3n) is 9.46. The Labute approximate surface area is 329 Å². The van der Waals surface area contributed by atoms with Gasteiger partial charge < -0.3 is 9.47 Å². The van der Waals surface area contributed by atoms with Crippen molar-refractivity contribution in [2.75, 3.05) is 52.7 Å². The fourth-order valence-corrected chi connectivity index (χ4v) is 11.3. The lowest BCUT2D eigenvalue weighted by molar-refractivity contribution is -0.180. The van der Waals surface area contributed by atoms with Crippen LogP contribution in [0.4, 0.5) is 0 Å². The molecule has 1 aliphatic rings. The molecule has 0 aromatic carbocycles. The van der Waals surface area contributed by atoms with Crippen LogP contribution in [0.5, 0.6) is 0 Å². The first-order chi connectivity index (χ1) is 24.4. The number of hydrogen-bond donors (Lipinski definition) is 0. The van der Waals surface area contributed by atoms with Gasteiger partial charge in [-0.05, 0) is 61.5 Å². The van der Waals surface area contributed by atoms with E-state index in [4.69, 9.17) is 13.7 Å². The van der Waals surface area contributed by atoms with E-state index in [1.54, 1.807) is 0 Å². The molecule has 0 bridgehead atoms. The maximum absolute atomic E-state index is 11.4. The summed E-state index contributed by atoms with van der Waals surface area (Å²) in [6, 6.07) is 0. The molecule has 1 heterocycles. The maximum atomic E-state index is 11.4. The van der Waals surface area contributed by atoms with Gasteiger partial charge in [-0.3, -0.25) is 4.18 Å². The zero-order valence-electron chi connectivity index (χ0n) is 32.9. The SMILES string of the molecule is CCCCCCCCSCSCCCCCCCCC1(CCCCCCCCSCSCCCCCCCC)OCC(CCOS(C)(=O)=O)O1. The Hall–Kier alpha value is 1.23. The molecule has 50 heavy (non-hydrogen) atoms. The molecule has 5 nitrogen and oxygen atoms in total. The van der Waals surface area contributed by atoms with E-state index in [2.05, 4.69) is 60.9 Å². The van der Waals surface area contributed by atoms with Crippen LogP contribution < -0.4 is 0 Å². The summed E-state index contributed by atoms with van der Waals surface area (Å²) in [5, 5.41) is 2.52. The normalized spacial score (nSPS) is 16.1. The van der Waals surface area contributed by atoms with E-state index in [0.717, 1.165) is 31.9 Å². The summed E-state index contributed by atoms with van der Waals surface area (Å²) in [7, 11) is -3.42. The fraction of sp³-hybridized carbons (Fsp3) is 1.00. The molecule has 1 rings (SSSR count). The van der Waals surface area contributed by atoms with Crippen LogP contribution in [0.1, 0.15) is 187 Å². The molecule has 0 aromatic rings. The molecular formula is C40H80O5S5. The number of thioether (sulfide) groups is 4. The topological polar surface area (TPSA) is 61.8 Å². The molecule has 0 radical (unpaired) electrons. The molecule has 1 saturated heterocycles. The summed E-state index contributed by atoms with van der Waals surface area (Å²) >= 11 is 8.51. The van der Waals surface area contributed by atoms with Crippen molar-refractivity contribution >= 4 is 57.2 Å². The van der Waals surface area contributed by atoms with Gasteiger partial charge in [0.1, 0.15) is 0 Å². The van der Waals surface area contributed by atoms with Crippen molar-refractivity contribution in [3.05, 3.63) is 0 Å². The minimum absolute atomic E-state index is 0.0836. The summed E-state index contributed by atoms with van der Waals surface area (Å²) < 4.78 is 40.7. The predicted octanol–water partition coefficient (Wildman–Crippen LogP) is 13.5. The summed E-state index contributed by atoms with van der Waals surface area (Å²) in [4.78, 5) is 0. The summed E-state index contributed by atoms with van der Waals surface area (Å²) in [6.45, 7) is 5.27. The Kier molecular flexibility index (Phi) is 35.4. The summed E-state index contributed by atoms with van der Waals surface area (Å²) in [5.74, 6) is 4.78. The molecule has 0 N–H and O–H groups in total. The van der Waals surface area contributed by atoms with Crippen LogP contribution in [0.15, 0.2) is 0 Å². The van der Waals surface area contributed by atoms with Crippen LogP contribution in [0.2, 0.25) is 0 Å². The summed E-state index contributed by atoms with van der Waals surface area (Å²) in [5.41, 5.74) is 0. The molecule has 1 aliphatic heterocycles. The number of rotatable bonds is 40. The Morgan fingerprint density at radius 2 is 0.920 bits per heavy atom. The van der Waals surface area contributed by atoms with Crippen LogP contribution in [-0.4, -0.2) is 73.0 Å². The van der Waals surface area contributed by atoms with Gasteiger partial charge in [0.25, 0.3) is 10.1 Å². The van der Waals surface area contributed by atoms with Gasteiger partial charge >= 0.3 is 0 Å². The smallest absolute Gasteiger partial charge is 0.264 e. The van der Waals surface area contributed by atoms with Crippen molar-refractivity contribution < 1.29 is 22.1 Å². The number of unbranched alkanes of at least 4 members (excludes halogenated alkanes) is 20. The average Bonchev–Trinajstić information content (AvgIpc) is 3.49. The lowest BCUT2D eigenvalue weighted by Crippen LogP contribution is -2.31. The molecule has 0 saturated carbocycles. The van der Waals surface area contributed by atoms with E-state index in [1.165, 1.54) is 174 Å². The van der Waals surface area contributed by atoms with Crippen LogP contribution in [0.3, 0.4) is 0 Å². The first-order valence-electron chi connectivity index (χ1n) is 20.9. The predicted molar refractivity (Wildman–Crippen MR) is 230 cm³/mol. The monoisotopic (exact) mass is 800 g/mol. The average molecular weight is 801 g/mol. The van der Waals surface area contributed by atoms with Gasteiger partial charge in [0.2, 0.25) is 0 Å². The van der Waals surface area contributed by atoms with E-state index >= 15 is 0 Å². The molecule has 10 heteroatoms. The molecule has 0 spiro atoms. The van der Waals surface area contributed by atoms with Gasteiger partial charge in [-0.2, -0.15) is 55.5 Å². The molecule has 0 aliphatic carbocycles. The zero-order chi connectivity index (χ0) is 36.3. The second kappa shape index (κ2) is 35.9. The highest BCUT2D eigenvalue weighted by atomic mass is 32.2. The Balaban J connectivity index is 2.12. The molecule has 1 unspecified atom stereocenters. The van der Waals surface area contributed by atoms with Gasteiger partial charge in [-0.1, -0.05) is 129 Å². The van der Waals surface area contributed by atoms with E-state index < -0.39 is 15.9 Å². The highest BCUT2D eigenvalue weighted by molar-refractivity contribution is 8.16. The van der Waals surface area contributed by atoms with Crippen molar-refractivity contribution in [2.24, 2.45) is 0 Å². The third-order valence-corrected chi connectivity index (χ3v) is 15.0. The first-order valence-corrected chi connectivity index (χ1v) is 27.3. The standard InChI is InChI=1S/C40H80O5S5/c1-4-6-8-10-18-24-32-46-37-48-34-26-20-14-12-16-22-29-40(43-36-39(45-40)28-31-44-50(3,41)42)30-23-17-13-15-21-27-35-49-38-47-33-25-19-11-9-7-5-2/h39H,4-38H2,1-3H3. The van der Waals surface area contributed by atoms with Crippen LogP contribution in [0, 0.1) is 0 Å². The van der Waals surface area contributed by atoms with Gasteiger partial charge in [0.05, 0.1) is 25.6 Å². The lowest BCUT2D eigenvalue weighted by atomic mass is 9.99. The number of hydrogen-bond acceptors (Lipinski definition) is 9. The second-order valence-electron chi connectivity index (χ2n) is 14.4. The van der Waals surface area contributed by atoms with Crippen molar-refractivity contribution in [3.63, 3.8) is 0 Å². The molecule has 0 amide bonds. The minimum atomic E-state index is -3.42. The zero-order valence-corrected chi connectivity index (χ0v) is 37.0. The summed E-state index contributed by atoms with van der Waals surface area (Å²) in [6.07, 6.45) is 35.5. The molecule has 300 valence electrons. The van der Waals surface area contributed by atoms with Gasteiger partial charge in [-0.15, -0.1) is 0 Å². The van der Waals surface area contributed by atoms with Crippen molar-refractivity contribution in [2.45, 2.75) is 199 Å². The van der Waals surface area contributed by atoms with Crippen molar-refractivity contribution in [3.8, 4) is 0 Å². The highest BCUT2D eigenvalue weighted by Gasteiger charge is 2.40. The van der Waals surface area contributed by atoms with Crippen molar-refractivity contribution in [1.82, 2.24) is 0 Å². The largest absolute Gasteiger partial charge is 0.347 e. The lowest BCUT2D eigenvalue weighted by Gasteiger charge is -2.28. The highest BCUT2D eigenvalue weighted by Crippen LogP contribution is 2.35. The Bertz CT molecular complexity index is 778. The molecular weight excluding hydrogens is 721 g/mol. The fourth-order valence-electron chi connectivity index (χ4n) is 6.41. The van der Waals surface area contributed by atoms with E-state index in [0.29, 0.717) is 13.0 Å². The minimum Gasteiger partial charge on any atom is -0.347 e. The van der Waals surface area contributed by atoms with E-state index in [1.807, 2.05) is 0 Å². The second-order valence-corrected chi connectivity index (χ2v) is 21.2. The molecule has 1 atom stereocenters. The Morgan fingerprint density at radius 1 is 0.560 bits per heavy atom. The van der Waals surface area contributed by atoms with Crippen LogP contribution in [0.25, 0.3) is 0 Å². The van der Waals surface area contributed by atoms with Crippen LogP contribution in [-0.2, 0) is 23.8 Å². The van der Waals surface area contributed by atoms with Gasteiger partial charge in [-0.25, -0.2) is 0 Å². The first kappa shape index (κ1) is 49.2. The maximum Gasteiger partial charge on any atom is 0.264 e. The van der Waals surface area contributed by atoms with E-state index in [-0.39, 0.29) is 12.7 Å². The van der Waals surface area contributed by atoms with Gasteiger partial charge in [0.15, 0.2) is 5.79 Å². The third kappa shape index (κ3) is 32.6. The Morgan fingerprint density at radius 3 is 1.30 bits per heavy atom. The molecule has 1 fully saturated rings.